The number of anilines is 2. The number of nitrogens with one attached hydrogen (secondary N) is 1. The van der Waals surface area contributed by atoms with E-state index in [2.05, 4.69) is 12.2 Å². The lowest BCUT2D eigenvalue weighted by Gasteiger charge is -2.36. The van der Waals surface area contributed by atoms with Gasteiger partial charge in [0.2, 0.25) is 5.91 Å². The van der Waals surface area contributed by atoms with Gasteiger partial charge in [0.05, 0.1) is 19.2 Å². The van der Waals surface area contributed by atoms with Gasteiger partial charge >= 0.3 is 5.97 Å². The molecule has 1 aromatic carbocycles. The molecular formula is C21H23FN2O3S. The third-order valence-electron chi connectivity index (χ3n) is 5.59. The summed E-state index contributed by atoms with van der Waals surface area (Å²) in [6.07, 6.45) is 4.47. The molecule has 0 saturated carbocycles. The zero-order valence-electron chi connectivity index (χ0n) is 16.0. The number of methoxy groups -OCH3 is 1. The molecule has 1 atom stereocenters. The van der Waals surface area contributed by atoms with Crippen LogP contribution in [0.3, 0.4) is 0 Å². The zero-order chi connectivity index (χ0) is 19.8. The van der Waals surface area contributed by atoms with Crippen molar-refractivity contribution in [2.45, 2.75) is 45.1 Å². The number of aryl methyl sites for hydroxylation is 2. The first-order valence-corrected chi connectivity index (χ1v) is 10.4. The van der Waals surface area contributed by atoms with Gasteiger partial charge in [0.15, 0.2) is 0 Å². The van der Waals surface area contributed by atoms with Crippen molar-refractivity contribution in [2.24, 2.45) is 0 Å². The number of fused-ring (bicyclic) bond motifs is 2. The van der Waals surface area contributed by atoms with E-state index in [4.69, 9.17) is 4.74 Å². The van der Waals surface area contributed by atoms with Gasteiger partial charge in [0.25, 0.3) is 0 Å². The topological polar surface area (TPSA) is 58.6 Å². The van der Waals surface area contributed by atoms with Crippen LogP contribution in [0.4, 0.5) is 15.1 Å². The van der Waals surface area contributed by atoms with E-state index in [9.17, 15) is 14.0 Å². The molecule has 0 fully saturated rings. The van der Waals surface area contributed by atoms with Crippen LogP contribution in [-0.4, -0.2) is 31.6 Å². The van der Waals surface area contributed by atoms with E-state index < -0.39 is 5.97 Å². The van der Waals surface area contributed by atoms with E-state index in [0.29, 0.717) is 10.6 Å². The van der Waals surface area contributed by atoms with Gasteiger partial charge in [-0.1, -0.05) is 0 Å². The lowest BCUT2D eigenvalue weighted by Crippen LogP contribution is -2.42. The molecule has 0 bridgehead atoms. The summed E-state index contributed by atoms with van der Waals surface area (Å²) in [5.41, 5.74) is 3.34. The summed E-state index contributed by atoms with van der Waals surface area (Å²) in [5.74, 6) is -0.843. The number of carbonyl (C=O) groups is 2. The molecule has 0 radical (unpaired) electrons. The van der Waals surface area contributed by atoms with E-state index in [1.54, 1.807) is 12.1 Å². The maximum absolute atomic E-state index is 13.6. The molecule has 1 amide bonds. The van der Waals surface area contributed by atoms with Crippen LogP contribution in [0.5, 0.6) is 0 Å². The molecule has 0 spiro atoms. The Balaban J connectivity index is 1.55. The minimum Gasteiger partial charge on any atom is -0.465 e. The van der Waals surface area contributed by atoms with Gasteiger partial charge in [-0.3, -0.25) is 4.79 Å². The number of esters is 1. The first kappa shape index (κ1) is 18.9. The Morgan fingerprint density at radius 2 is 2.14 bits per heavy atom. The Bertz CT molecular complexity index is 940. The van der Waals surface area contributed by atoms with Crippen molar-refractivity contribution in [3.05, 3.63) is 45.6 Å². The van der Waals surface area contributed by atoms with Crippen molar-refractivity contribution >= 4 is 33.9 Å². The fourth-order valence-corrected chi connectivity index (χ4v) is 5.46. The van der Waals surface area contributed by atoms with Crippen LogP contribution in [0.25, 0.3) is 0 Å². The predicted molar refractivity (Wildman–Crippen MR) is 108 cm³/mol. The molecule has 2 aromatic rings. The summed E-state index contributed by atoms with van der Waals surface area (Å²) in [4.78, 5) is 28.2. The second-order valence-electron chi connectivity index (χ2n) is 7.39. The molecule has 1 aromatic heterocycles. The molecule has 2 aliphatic rings. The number of ether oxygens (including phenoxy) is 1. The lowest BCUT2D eigenvalue weighted by atomic mass is 9.96. The first-order valence-electron chi connectivity index (χ1n) is 9.55. The van der Waals surface area contributed by atoms with Crippen LogP contribution < -0.4 is 10.2 Å². The molecule has 1 N–H and O–H groups in total. The molecule has 28 heavy (non-hydrogen) atoms. The van der Waals surface area contributed by atoms with Crippen LogP contribution in [-0.2, 0) is 28.8 Å². The molecule has 1 aliphatic heterocycles. The predicted octanol–water partition coefficient (Wildman–Crippen LogP) is 3.94. The SMILES string of the molecule is COC(=O)c1c(NC(=O)CN2c3ccc(F)cc3CCC2C)sc2c1CCC2. The Labute approximate surface area is 167 Å². The van der Waals surface area contributed by atoms with Crippen molar-refractivity contribution < 1.29 is 18.7 Å². The monoisotopic (exact) mass is 402 g/mol. The average Bonchev–Trinajstić information content (AvgIpc) is 3.24. The molecule has 7 heteroatoms. The van der Waals surface area contributed by atoms with E-state index in [-0.39, 0.29) is 24.3 Å². The first-order chi connectivity index (χ1) is 13.5. The number of hydrogen-bond acceptors (Lipinski definition) is 5. The summed E-state index contributed by atoms with van der Waals surface area (Å²) in [6, 6.07) is 4.90. The van der Waals surface area contributed by atoms with E-state index >= 15 is 0 Å². The van der Waals surface area contributed by atoms with Crippen LogP contribution in [0.1, 0.15) is 46.1 Å². The Hall–Kier alpha value is -2.41. The average molecular weight is 402 g/mol. The highest BCUT2D eigenvalue weighted by atomic mass is 32.1. The third kappa shape index (κ3) is 3.39. The third-order valence-corrected chi connectivity index (χ3v) is 6.80. The van der Waals surface area contributed by atoms with Crippen molar-refractivity contribution in [1.29, 1.82) is 0 Å². The van der Waals surface area contributed by atoms with Crippen molar-refractivity contribution in [1.82, 2.24) is 0 Å². The van der Waals surface area contributed by atoms with E-state index in [1.165, 1.54) is 24.5 Å². The largest absolute Gasteiger partial charge is 0.465 e. The molecule has 5 nitrogen and oxygen atoms in total. The van der Waals surface area contributed by atoms with Gasteiger partial charge < -0.3 is 15.0 Å². The molecular weight excluding hydrogens is 379 g/mol. The highest BCUT2D eigenvalue weighted by Crippen LogP contribution is 2.39. The van der Waals surface area contributed by atoms with E-state index in [0.717, 1.165) is 53.8 Å². The Morgan fingerprint density at radius 1 is 1.32 bits per heavy atom. The van der Waals surface area contributed by atoms with Crippen LogP contribution in [0.2, 0.25) is 0 Å². The van der Waals surface area contributed by atoms with Crippen LogP contribution in [0.15, 0.2) is 18.2 Å². The number of halogens is 1. The normalized spacial score (nSPS) is 17.8. The summed E-state index contributed by atoms with van der Waals surface area (Å²) in [6.45, 7) is 2.22. The summed E-state index contributed by atoms with van der Waals surface area (Å²) < 4.78 is 18.5. The minimum absolute atomic E-state index is 0.156. The van der Waals surface area contributed by atoms with Gasteiger partial charge in [0.1, 0.15) is 10.8 Å². The molecule has 4 rings (SSSR count). The van der Waals surface area contributed by atoms with Crippen molar-refractivity contribution in [2.75, 3.05) is 23.9 Å². The van der Waals surface area contributed by atoms with Gasteiger partial charge in [-0.05, 0) is 68.4 Å². The lowest BCUT2D eigenvalue weighted by molar-refractivity contribution is -0.115. The number of nitrogens with zero attached hydrogens (tertiary/aromatic N) is 1. The number of carbonyl (C=O) groups excluding carboxylic acids is 2. The van der Waals surface area contributed by atoms with Crippen LogP contribution >= 0.6 is 11.3 Å². The molecule has 148 valence electrons. The maximum atomic E-state index is 13.6. The number of rotatable bonds is 4. The standard InChI is InChI=1S/C21H23FN2O3S/c1-12-6-7-13-10-14(22)8-9-16(13)24(12)11-18(25)23-20-19(21(26)27-2)15-4-3-5-17(15)28-20/h8-10,12H,3-7,11H2,1-2H3,(H,23,25). The number of thiophene rings is 1. The quantitative estimate of drug-likeness (QED) is 0.787. The highest BCUT2D eigenvalue weighted by molar-refractivity contribution is 7.17. The fourth-order valence-electron chi connectivity index (χ4n) is 4.16. The Kier molecular flexibility index (Phi) is 5.10. The second kappa shape index (κ2) is 7.54. The van der Waals surface area contributed by atoms with Crippen molar-refractivity contribution in [3.8, 4) is 0 Å². The number of hydrogen-bond donors (Lipinski definition) is 1. The van der Waals surface area contributed by atoms with Crippen LogP contribution in [0, 0.1) is 5.82 Å². The molecule has 1 unspecified atom stereocenters. The minimum atomic E-state index is -0.401. The van der Waals surface area contributed by atoms with Gasteiger partial charge in [-0.15, -0.1) is 11.3 Å². The smallest absolute Gasteiger partial charge is 0.341 e. The summed E-state index contributed by atoms with van der Waals surface area (Å²) in [7, 11) is 1.36. The number of amides is 1. The molecule has 0 saturated heterocycles. The molecule has 1 aliphatic carbocycles. The van der Waals surface area contributed by atoms with Gasteiger partial charge in [0, 0.05) is 16.6 Å². The summed E-state index contributed by atoms with van der Waals surface area (Å²) >= 11 is 1.47. The second-order valence-corrected chi connectivity index (χ2v) is 8.50. The molecule has 2 heterocycles. The zero-order valence-corrected chi connectivity index (χ0v) is 16.8. The fraction of sp³-hybridized carbons (Fsp3) is 0.429. The van der Waals surface area contributed by atoms with E-state index in [1.807, 2.05) is 4.90 Å². The van der Waals surface area contributed by atoms with Crippen molar-refractivity contribution in [3.63, 3.8) is 0 Å². The maximum Gasteiger partial charge on any atom is 0.341 e. The number of benzene rings is 1. The van der Waals surface area contributed by atoms with Gasteiger partial charge in [-0.2, -0.15) is 0 Å². The van der Waals surface area contributed by atoms with Gasteiger partial charge in [-0.25, -0.2) is 9.18 Å². The Morgan fingerprint density at radius 3 is 2.93 bits per heavy atom. The highest BCUT2D eigenvalue weighted by Gasteiger charge is 2.29. The summed E-state index contributed by atoms with van der Waals surface area (Å²) in [5, 5.41) is 3.50.